The van der Waals surface area contributed by atoms with Crippen LogP contribution in [0.4, 0.5) is 0 Å². The zero-order valence-corrected chi connectivity index (χ0v) is 15.8. The van der Waals surface area contributed by atoms with Crippen LogP contribution in [-0.4, -0.2) is 46.7 Å². The number of carbonyl (C=O) groups excluding carboxylic acids is 1. The fraction of sp³-hybridized carbons (Fsp3) is 0.571. The van der Waals surface area contributed by atoms with Crippen LogP contribution in [0.15, 0.2) is 34.7 Å². The number of rotatable bonds is 6. The molecule has 4 rings (SSSR count). The molecule has 2 aliphatic rings. The van der Waals surface area contributed by atoms with E-state index in [1.54, 1.807) is 0 Å². The summed E-state index contributed by atoms with van der Waals surface area (Å²) >= 11 is 0. The first-order valence-corrected chi connectivity index (χ1v) is 10.2. The van der Waals surface area contributed by atoms with Gasteiger partial charge in [-0.05, 0) is 56.8 Å². The molecule has 6 nitrogen and oxygen atoms in total. The number of benzene rings is 1. The second-order valence-electron chi connectivity index (χ2n) is 7.67. The fourth-order valence-electron chi connectivity index (χ4n) is 4.42. The molecule has 2 aliphatic heterocycles. The SMILES string of the molecule is O=C(CCc1nnc(-c2ccccc2)o1)NC[C@@H]1CCCN2CCCCC12. The van der Waals surface area contributed by atoms with Crippen molar-refractivity contribution in [2.75, 3.05) is 19.6 Å². The van der Waals surface area contributed by atoms with Crippen LogP contribution >= 0.6 is 0 Å². The van der Waals surface area contributed by atoms with Gasteiger partial charge in [0.15, 0.2) is 0 Å². The van der Waals surface area contributed by atoms with E-state index in [0.29, 0.717) is 36.6 Å². The highest BCUT2D eigenvalue weighted by atomic mass is 16.4. The van der Waals surface area contributed by atoms with Crippen molar-refractivity contribution in [2.45, 2.75) is 51.0 Å². The van der Waals surface area contributed by atoms with Crippen LogP contribution in [0.3, 0.4) is 0 Å². The molecule has 1 N–H and O–H groups in total. The van der Waals surface area contributed by atoms with Gasteiger partial charge >= 0.3 is 0 Å². The molecule has 6 heteroatoms. The minimum Gasteiger partial charge on any atom is -0.421 e. The average Bonchev–Trinajstić information content (AvgIpc) is 3.20. The third kappa shape index (κ3) is 4.56. The normalized spacial score (nSPS) is 23.0. The summed E-state index contributed by atoms with van der Waals surface area (Å²) in [7, 11) is 0. The number of aromatic nitrogens is 2. The minimum absolute atomic E-state index is 0.0717. The molecule has 0 spiro atoms. The van der Waals surface area contributed by atoms with Gasteiger partial charge in [0.25, 0.3) is 0 Å². The molecule has 0 aliphatic carbocycles. The first-order chi connectivity index (χ1) is 13.3. The Balaban J connectivity index is 1.24. The highest BCUT2D eigenvalue weighted by molar-refractivity contribution is 5.76. The van der Waals surface area contributed by atoms with Crippen molar-refractivity contribution in [1.82, 2.24) is 20.4 Å². The minimum atomic E-state index is 0.0717. The van der Waals surface area contributed by atoms with E-state index < -0.39 is 0 Å². The summed E-state index contributed by atoms with van der Waals surface area (Å²) in [5.41, 5.74) is 0.898. The number of amides is 1. The van der Waals surface area contributed by atoms with Crippen molar-refractivity contribution in [2.24, 2.45) is 5.92 Å². The molecule has 2 fully saturated rings. The summed E-state index contributed by atoms with van der Waals surface area (Å²) in [6.07, 6.45) is 7.28. The third-order valence-electron chi connectivity index (χ3n) is 5.84. The van der Waals surface area contributed by atoms with E-state index in [1.807, 2.05) is 30.3 Å². The van der Waals surface area contributed by atoms with Gasteiger partial charge in [-0.25, -0.2) is 0 Å². The Hall–Kier alpha value is -2.21. The Kier molecular flexibility index (Phi) is 5.82. The van der Waals surface area contributed by atoms with Crippen molar-refractivity contribution >= 4 is 5.91 Å². The summed E-state index contributed by atoms with van der Waals surface area (Å²) in [5.74, 6) is 1.68. The zero-order valence-electron chi connectivity index (χ0n) is 15.8. The fourth-order valence-corrected chi connectivity index (χ4v) is 4.42. The molecule has 1 aromatic carbocycles. The predicted molar refractivity (Wildman–Crippen MR) is 103 cm³/mol. The summed E-state index contributed by atoms with van der Waals surface area (Å²) in [6.45, 7) is 3.26. The second-order valence-corrected chi connectivity index (χ2v) is 7.67. The summed E-state index contributed by atoms with van der Waals surface area (Å²) in [4.78, 5) is 14.9. The monoisotopic (exact) mass is 368 g/mol. The molecule has 2 aromatic rings. The van der Waals surface area contributed by atoms with Gasteiger partial charge in [0.1, 0.15) is 0 Å². The maximum atomic E-state index is 12.3. The Bertz CT molecular complexity index is 744. The van der Waals surface area contributed by atoms with E-state index in [-0.39, 0.29) is 5.91 Å². The molecule has 27 heavy (non-hydrogen) atoms. The number of nitrogens with one attached hydrogen (secondary N) is 1. The molecule has 0 saturated carbocycles. The van der Waals surface area contributed by atoms with Gasteiger partial charge in [-0.2, -0.15) is 0 Å². The Morgan fingerprint density at radius 2 is 1.96 bits per heavy atom. The summed E-state index contributed by atoms with van der Waals surface area (Å²) in [6, 6.07) is 10.4. The lowest BCUT2D eigenvalue weighted by molar-refractivity contribution is -0.121. The van der Waals surface area contributed by atoms with Crippen molar-refractivity contribution in [3.63, 3.8) is 0 Å². The van der Waals surface area contributed by atoms with E-state index in [4.69, 9.17) is 4.42 Å². The van der Waals surface area contributed by atoms with E-state index in [9.17, 15) is 4.79 Å². The van der Waals surface area contributed by atoms with Crippen molar-refractivity contribution < 1.29 is 9.21 Å². The largest absolute Gasteiger partial charge is 0.421 e. The molecule has 144 valence electrons. The number of hydrogen-bond donors (Lipinski definition) is 1. The highest BCUT2D eigenvalue weighted by Crippen LogP contribution is 2.30. The predicted octanol–water partition coefficient (Wildman–Crippen LogP) is 3.05. The lowest BCUT2D eigenvalue weighted by Crippen LogP contribution is -2.51. The molecular formula is C21H28N4O2. The molecular weight excluding hydrogens is 340 g/mol. The molecule has 0 bridgehead atoms. The van der Waals surface area contributed by atoms with Crippen LogP contribution in [0.2, 0.25) is 0 Å². The van der Waals surface area contributed by atoms with Crippen molar-refractivity contribution in [1.29, 1.82) is 0 Å². The lowest BCUT2D eigenvalue weighted by atomic mass is 9.83. The van der Waals surface area contributed by atoms with Gasteiger partial charge in [0.2, 0.25) is 17.7 Å². The number of aryl methyl sites for hydroxylation is 1. The standard InChI is InChI=1S/C21H28N4O2/c26-19(22-15-17-9-6-14-25-13-5-4-10-18(17)25)11-12-20-23-24-21(27-20)16-7-2-1-3-8-16/h1-3,7-8,17-18H,4-6,9-15H2,(H,22,26)/t17-,18?/m0/s1. The third-order valence-corrected chi connectivity index (χ3v) is 5.84. The second kappa shape index (κ2) is 8.65. The van der Waals surface area contributed by atoms with Crippen LogP contribution in [0, 0.1) is 5.92 Å². The average molecular weight is 368 g/mol. The first kappa shape index (κ1) is 18.2. The van der Waals surface area contributed by atoms with Crippen LogP contribution in [0.1, 0.15) is 44.4 Å². The van der Waals surface area contributed by atoms with Crippen LogP contribution in [0.5, 0.6) is 0 Å². The maximum Gasteiger partial charge on any atom is 0.247 e. The van der Waals surface area contributed by atoms with Crippen molar-refractivity contribution in [3.8, 4) is 11.5 Å². The number of piperidine rings is 2. The maximum absolute atomic E-state index is 12.3. The van der Waals surface area contributed by atoms with Gasteiger partial charge in [-0.15, -0.1) is 10.2 Å². The Morgan fingerprint density at radius 3 is 2.85 bits per heavy atom. The van der Waals surface area contributed by atoms with E-state index in [1.165, 1.54) is 45.2 Å². The Morgan fingerprint density at radius 1 is 1.11 bits per heavy atom. The van der Waals surface area contributed by atoms with E-state index in [2.05, 4.69) is 20.4 Å². The number of carbonyl (C=O) groups is 1. The molecule has 3 heterocycles. The van der Waals surface area contributed by atoms with Gasteiger partial charge < -0.3 is 14.6 Å². The Labute approximate surface area is 160 Å². The molecule has 2 saturated heterocycles. The first-order valence-electron chi connectivity index (χ1n) is 10.2. The van der Waals surface area contributed by atoms with Crippen LogP contribution in [-0.2, 0) is 11.2 Å². The molecule has 0 radical (unpaired) electrons. The van der Waals surface area contributed by atoms with Gasteiger partial charge in [-0.1, -0.05) is 24.6 Å². The molecule has 1 amide bonds. The molecule has 1 aromatic heterocycles. The van der Waals surface area contributed by atoms with Crippen LogP contribution in [0.25, 0.3) is 11.5 Å². The van der Waals surface area contributed by atoms with Gasteiger partial charge in [0, 0.05) is 31.0 Å². The zero-order chi connectivity index (χ0) is 18.5. The molecule has 2 atom stereocenters. The topological polar surface area (TPSA) is 71.3 Å². The lowest BCUT2D eigenvalue weighted by Gasteiger charge is -2.44. The van der Waals surface area contributed by atoms with Crippen molar-refractivity contribution in [3.05, 3.63) is 36.2 Å². The van der Waals surface area contributed by atoms with E-state index >= 15 is 0 Å². The number of nitrogens with zero attached hydrogens (tertiary/aromatic N) is 3. The number of hydrogen-bond acceptors (Lipinski definition) is 5. The summed E-state index contributed by atoms with van der Waals surface area (Å²) < 4.78 is 5.68. The van der Waals surface area contributed by atoms with E-state index in [0.717, 1.165) is 12.1 Å². The summed E-state index contributed by atoms with van der Waals surface area (Å²) in [5, 5.41) is 11.3. The smallest absolute Gasteiger partial charge is 0.247 e. The molecule has 1 unspecified atom stereocenters. The number of fused-ring (bicyclic) bond motifs is 1. The quantitative estimate of drug-likeness (QED) is 0.848. The van der Waals surface area contributed by atoms with Crippen LogP contribution < -0.4 is 5.32 Å². The van der Waals surface area contributed by atoms with Gasteiger partial charge in [0.05, 0.1) is 0 Å². The van der Waals surface area contributed by atoms with Gasteiger partial charge in [-0.3, -0.25) is 4.79 Å². The highest BCUT2D eigenvalue weighted by Gasteiger charge is 2.32.